The fraction of sp³-hybridized carbons (Fsp3) is 0.375. The smallest absolute Gasteiger partial charge is 0.271 e. The minimum absolute atomic E-state index is 0.00548. The van der Waals surface area contributed by atoms with E-state index >= 15 is 0 Å². The number of rotatable bonds is 5. The molecule has 0 radical (unpaired) electrons. The van der Waals surface area contributed by atoms with Crippen LogP contribution in [-0.2, 0) is 4.79 Å². The second-order valence-corrected chi connectivity index (χ2v) is 8.31. The van der Waals surface area contributed by atoms with Crippen molar-refractivity contribution in [2.45, 2.75) is 31.4 Å². The summed E-state index contributed by atoms with van der Waals surface area (Å²) >= 11 is 0. The Morgan fingerprint density at radius 3 is 2.72 bits per heavy atom. The average Bonchev–Trinajstić information content (AvgIpc) is 3.57. The van der Waals surface area contributed by atoms with Crippen LogP contribution in [0.4, 0.5) is 0 Å². The summed E-state index contributed by atoms with van der Waals surface area (Å²) in [6, 6.07) is 10.5. The SMILES string of the molecule is COc1ccc2[nH]c(C(=O)N3C[C@@H](Oc4cccnc4)C[C@H]3C(=O)N3CCCC3)cc2c1. The van der Waals surface area contributed by atoms with Gasteiger partial charge in [0.2, 0.25) is 5.91 Å². The van der Waals surface area contributed by atoms with Gasteiger partial charge in [0.1, 0.15) is 29.3 Å². The van der Waals surface area contributed by atoms with Crippen molar-refractivity contribution in [3.63, 3.8) is 0 Å². The van der Waals surface area contributed by atoms with Crippen LogP contribution in [0.1, 0.15) is 29.8 Å². The van der Waals surface area contributed by atoms with Crippen molar-refractivity contribution in [2.75, 3.05) is 26.7 Å². The minimum Gasteiger partial charge on any atom is -0.497 e. The summed E-state index contributed by atoms with van der Waals surface area (Å²) in [7, 11) is 1.61. The molecule has 2 saturated heterocycles. The molecule has 8 heteroatoms. The summed E-state index contributed by atoms with van der Waals surface area (Å²) in [5, 5.41) is 0.887. The van der Waals surface area contributed by atoms with E-state index in [2.05, 4.69) is 9.97 Å². The van der Waals surface area contributed by atoms with Crippen LogP contribution in [0, 0.1) is 0 Å². The molecule has 2 amide bonds. The molecular weight excluding hydrogens is 408 g/mol. The molecule has 0 spiro atoms. The summed E-state index contributed by atoms with van der Waals surface area (Å²) in [5.41, 5.74) is 1.30. The highest BCUT2D eigenvalue weighted by atomic mass is 16.5. The molecule has 1 aromatic carbocycles. The Balaban J connectivity index is 1.41. The van der Waals surface area contributed by atoms with E-state index in [1.54, 1.807) is 30.5 Å². The number of hydrogen-bond acceptors (Lipinski definition) is 5. The van der Waals surface area contributed by atoms with Gasteiger partial charge >= 0.3 is 0 Å². The van der Waals surface area contributed by atoms with Crippen molar-refractivity contribution >= 4 is 22.7 Å². The number of aromatic amines is 1. The Morgan fingerprint density at radius 2 is 1.97 bits per heavy atom. The van der Waals surface area contributed by atoms with Crippen molar-refractivity contribution < 1.29 is 19.1 Å². The second kappa shape index (κ2) is 8.53. The first kappa shape index (κ1) is 20.4. The fourth-order valence-electron chi connectivity index (χ4n) is 4.61. The van der Waals surface area contributed by atoms with Crippen LogP contribution in [0.2, 0.25) is 0 Å². The summed E-state index contributed by atoms with van der Waals surface area (Å²) in [4.78, 5) is 37.6. The molecule has 1 N–H and O–H groups in total. The highest BCUT2D eigenvalue weighted by molar-refractivity contribution is 6.00. The van der Waals surface area contributed by atoms with E-state index in [1.165, 1.54) is 0 Å². The quantitative estimate of drug-likeness (QED) is 0.667. The number of aromatic nitrogens is 2. The molecule has 0 bridgehead atoms. The van der Waals surface area contributed by atoms with Gasteiger partial charge in [0, 0.05) is 36.6 Å². The second-order valence-electron chi connectivity index (χ2n) is 8.31. The Hall–Kier alpha value is -3.55. The summed E-state index contributed by atoms with van der Waals surface area (Å²) < 4.78 is 11.4. The lowest BCUT2D eigenvalue weighted by molar-refractivity contribution is -0.134. The molecule has 2 aromatic heterocycles. The molecule has 5 rings (SSSR count). The van der Waals surface area contributed by atoms with Gasteiger partial charge in [-0.05, 0) is 49.2 Å². The Bertz CT molecular complexity index is 1120. The van der Waals surface area contributed by atoms with Crippen molar-refractivity contribution in [1.82, 2.24) is 19.8 Å². The summed E-state index contributed by atoms with van der Waals surface area (Å²) in [5.74, 6) is 1.17. The number of carbonyl (C=O) groups is 2. The molecule has 2 aliphatic rings. The zero-order valence-electron chi connectivity index (χ0n) is 18.0. The Morgan fingerprint density at radius 1 is 1.12 bits per heavy atom. The highest BCUT2D eigenvalue weighted by Crippen LogP contribution is 2.28. The van der Waals surface area contributed by atoms with Gasteiger partial charge in [-0.25, -0.2) is 0 Å². The van der Waals surface area contributed by atoms with Crippen molar-refractivity contribution in [1.29, 1.82) is 0 Å². The van der Waals surface area contributed by atoms with E-state index in [1.807, 2.05) is 35.2 Å². The lowest BCUT2D eigenvalue weighted by atomic mass is 10.1. The number of fused-ring (bicyclic) bond motifs is 1. The molecule has 2 aliphatic heterocycles. The number of pyridine rings is 1. The van der Waals surface area contributed by atoms with E-state index in [4.69, 9.17) is 9.47 Å². The lowest BCUT2D eigenvalue weighted by Crippen LogP contribution is -2.47. The molecule has 2 atom stereocenters. The maximum Gasteiger partial charge on any atom is 0.271 e. The van der Waals surface area contributed by atoms with Gasteiger partial charge < -0.3 is 24.3 Å². The molecule has 0 unspecified atom stereocenters. The molecule has 3 aromatic rings. The van der Waals surface area contributed by atoms with Crippen LogP contribution in [-0.4, -0.2) is 70.5 Å². The molecular formula is C24H26N4O4. The van der Waals surface area contributed by atoms with Crippen LogP contribution in [0.3, 0.4) is 0 Å². The third kappa shape index (κ3) is 3.88. The normalized spacial score (nSPS) is 20.7. The van der Waals surface area contributed by atoms with E-state index in [0.717, 1.165) is 42.6 Å². The number of nitrogens with one attached hydrogen (secondary N) is 1. The van der Waals surface area contributed by atoms with Crippen LogP contribution in [0.15, 0.2) is 48.8 Å². The van der Waals surface area contributed by atoms with Crippen LogP contribution in [0.5, 0.6) is 11.5 Å². The topological polar surface area (TPSA) is 87.8 Å². The van der Waals surface area contributed by atoms with Gasteiger partial charge in [-0.15, -0.1) is 0 Å². The zero-order valence-corrected chi connectivity index (χ0v) is 18.0. The number of benzene rings is 1. The van der Waals surface area contributed by atoms with Gasteiger partial charge in [0.05, 0.1) is 19.9 Å². The molecule has 32 heavy (non-hydrogen) atoms. The number of likely N-dealkylation sites (tertiary alicyclic amines) is 2. The molecule has 0 aliphatic carbocycles. The zero-order chi connectivity index (χ0) is 22.1. The number of carbonyl (C=O) groups excluding carboxylic acids is 2. The fourth-order valence-corrected chi connectivity index (χ4v) is 4.61. The molecule has 8 nitrogen and oxygen atoms in total. The maximum absolute atomic E-state index is 13.5. The van der Waals surface area contributed by atoms with E-state index in [9.17, 15) is 9.59 Å². The van der Waals surface area contributed by atoms with Crippen LogP contribution >= 0.6 is 0 Å². The predicted molar refractivity (Wildman–Crippen MR) is 119 cm³/mol. The van der Waals surface area contributed by atoms with Crippen LogP contribution < -0.4 is 9.47 Å². The molecule has 166 valence electrons. The number of H-pyrrole nitrogens is 1. The first-order chi connectivity index (χ1) is 15.6. The Labute approximate surface area is 186 Å². The third-order valence-corrected chi connectivity index (χ3v) is 6.22. The molecule has 4 heterocycles. The summed E-state index contributed by atoms with van der Waals surface area (Å²) in [6.45, 7) is 1.84. The number of methoxy groups -OCH3 is 1. The predicted octanol–water partition coefficient (Wildman–Crippen LogP) is 2.86. The minimum atomic E-state index is -0.539. The average molecular weight is 434 g/mol. The number of amides is 2. The van der Waals surface area contributed by atoms with Gasteiger partial charge in [-0.3, -0.25) is 14.6 Å². The van der Waals surface area contributed by atoms with Gasteiger partial charge in [-0.2, -0.15) is 0 Å². The van der Waals surface area contributed by atoms with Crippen molar-refractivity contribution in [3.8, 4) is 11.5 Å². The highest BCUT2D eigenvalue weighted by Gasteiger charge is 2.43. The Kier molecular flexibility index (Phi) is 5.43. The van der Waals surface area contributed by atoms with Gasteiger partial charge in [0.15, 0.2) is 0 Å². The van der Waals surface area contributed by atoms with Gasteiger partial charge in [0.25, 0.3) is 5.91 Å². The number of ether oxygens (including phenoxy) is 2. The third-order valence-electron chi connectivity index (χ3n) is 6.22. The number of nitrogens with zero attached hydrogens (tertiary/aromatic N) is 3. The number of hydrogen-bond donors (Lipinski definition) is 1. The first-order valence-electron chi connectivity index (χ1n) is 11.0. The summed E-state index contributed by atoms with van der Waals surface area (Å²) in [6.07, 6.45) is 5.53. The van der Waals surface area contributed by atoms with E-state index in [-0.39, 0.29) is 17.9 Å². The van der Waals surface area contributed by atoms with E-state index < -0.39 is 6.04 Å². The monoisotopic (exact) mass is 434 g/mol. The molecule has 0 saturated carbocycles. The maximum atomic E-state index is 13.5. The van der Waals surface area contributed by atoms with E-state index in [0.29, 0.717) is 24.4 Å². The standard InChI is InChI=1S/C24H26N4O4/c1-31-17-6-7-20-16(11-17)12-21(26-20)23(29)28-15-19(32-18-5-4-8-25-14-18)13-22(28)24(30)27-9-2-3-10-27/h4-8,11-12,14,19,22,26H,2-3,9-10,13,15H2,1H3/t19-,22-/m0/s1. The van der Waals surface area contributed by atoms with Crippen LogP contribution in [0.25, 0.3) is 10.9 Å². The van der Waals surface area contributed by atoms with Gasteiger partial charge in [-0.1, -0.05) is 0 Å². The lowest BCUT2D eigenvalue weighted by Gasteiger charge is -2.27. The molecule has 2 fully saturated rings. The van der Waals surface area contributed by atoms with Crippen molar-refractivity contribution in [2.24, 2.45) is 0 Å². The largest absolute Gasteiger partial charge is 0.497 e. The first-order valence-corrected chi connectivity index (χ1v) is 11.0. The van der Waals surface area contributed by atoms with Crippen molar-refractivity contribution in [3.05, 3.63) is 54.5 Å².